The number of hydrogen-bond donors (Lipinski definition) is 1. The van der Waals surface area contributed by atoms with Crippen molar-refractivity contribution in [3.8, 4) is 0 Å². The fourth-order valence-corrected chi connectivity index (χ4v) is 1.62. The lowest BCUT2D eigenvalue weighted by Gasteiger charge is -2.13. The van der Waals surface area contributed by atoms with Crippen LogP contribution in [0.4, 0.5) is 17.6 Å². The van der Waals surface area contributed by atoms with Gasteiger partial charge in [0.25, 0.3) is 0 Å². The lowest BCUT2D eigenvalue weighted by atomic mass is 10.0. The summed E-state index contributed by atoms with van der Waals surface area (Å²) in [5.41, 5.74) is 0.433. The van der Waals surface area contributed by atoms with Crippen molar-refractivity contribution in [2.45, 2.75) is 31.5 Å². The van der Waals surface area contributed by atoms with Crippen LogP contribution < -0.4 is 0 Å². The molecule has 0 aromatic heterocycles. The molecule has 1 nitrogen and oxygen atoms in total. The molecular weight excluding hydrogens is 260 g/mol. The topological polar surface area (TPSA) is 20.2 Å². The van der Waals surface area contributed by atoms with Gasteiger partial charge in [-0.2, -0.15) is 13.2 Å². The van der Waals surface area contributed by atoms with Gasteiger partial charge < -0.3 is 5.11 Å². The first-order valence-corrected chi connectivity index (χ1v) is 5.34. The Hall–Kier alpha value is -0.810. The van der Waals surface area contributed by atoms with E-state index < -0.39 is 30.9 Å². The standard InChI is InChI=1S/C11H11ClF4O/c12-10-6-8(13)2-1-7(10)5-9(17)3-4-11(14,15)16/h1-2,6,9,17H,3-5H2. The molecule has 0 heterocycles. The minimum absolute atomic E-state index is 0.0187. The summed E-state index contributed by atoms with van der Waals surface area (Å²) in [5.74, 6) is -0.525. The monoisotopic (exact) mass is 270 g/mol. The van der Waals surface area contributed by atoms with Crippen LogP contribution in [-0.2, 0) is 6.42 Å². The van der Waals surface area contributed by atoms with Crippen LogP contribution in [0, 0.1) is 5.82 Å². The molecule has 0 saturated carbocycles. The maximum absolute atomic E-state index is 12.7. The van der Waals surface area contributed by atoms with Gasteiger partial charge in [0.15, 0.2) is 0 Å². The summed E-state index contributed by atoms with van der Waals surface area (Å²) in [4.78, 5) is 0. The summed E-state index contributed by atoms with van der Waals surface area (Å²) in [6, 6.07) is 3.57. The van der Waals surface area contributed by atoms with E-state index in [2.05, 4.69) is 0 Å². The molecule has 1 aromatic rings. The Balaban J connectivity index is 2.53. The van der Waals surface area contributed by atoms with Crippen LogP contribution in [-0.4, -0.2) is 17.4 Å². The zero-order valence-corrected chi connectivity index (χ0v) is 9.52. The molecule has 0 spiro atoms. The smallest absolute Gasteiger partial charge is 0.389 e. The lowest BCUT2D eigenvalue weighted by molar-refractivity contribution is -0.139. The summed E-state index contributed by atoms with van der Waals surface area (Å²) in [6.07, 6.45) is -6.88. The van der Waals surface area contributed by atoms with Crippen LogP contribution in [0.2, 0.25) is 5.02 Å². The highest BCUT2D eigenvalue weighted by molar-refractivity contribution is 6.31. The zero-order chi connectivity index (χ0) is 13.1. The molecular formula is C11H11ClF4O. The van der Waals surface area contributed by atoms with Crippen LogP contribution in [0.3, 0.4) is 0 Å². The van der Waals surface area contributed by atoms with E-state index in [9.17, 15) is 22.7 Å². The molecule has 0 bridgehead atoms. The summed E-state index contributed by atoms with van der Waals surface area (Å²) in [5, 5.41) is 9.51. The Morgan fingerprint density at radius 1 is 1.29 bits per heavy atom. The molecule has 6 heteroatoms. The van der Waals surface area contributed by atoms with Gasteiger partial charge in [0, 0.05) is 11.4 Å². The van der Waals surface area contributed by atoms with E-state index >= 15 is 0 Å². The van der Waals surface area contributed by atoms with Gasteiger partial charge in [-0.1, -0.05) is 17.7 Å². The first kappa shape index (κ1) is 14.3. The lowest BCUT2D eigenvalue weighted by Crippen LogP contribution is -2.16. The fourth-order valence-electron chi connectivity index (χ4n) is 1.37. The number of halogens is 5. The Labute approximate surface area is 101 Å². The van der Waals surface area contributed by atoms with Gasteiger partial charge in [-0.25, -0.2) is 4.39 Å². The SMILES string of the molecule is OC(CCC(F)(F)F)Cc1ccc(F)cc1Cl. The van der Waals surface area contributed by atoms with Crippen molar-refractivity contribution < 1.29 is 22.7 Å². The van der Waals surface area contributed by atoms with Crippen LogP contribution in [0.5, 0.6) is 0 Å². The Bertz CT molecular complexity index is 378. The first-order valence-electron chi connectivity index (χ1n) is 4.96. The molecule has 0 saturated heterocycles. The van der Waals surface area contributed by atoms with Gasteiger partial charge in [0.2, 0.25) is 0 Å². The molecule has 0 aliphatic heterocycles. The minimum atomic E-state index is -4.28. The number of aliphatic hydroxyl groups excluding tert-OH is 1. The number of aliphatic hydroxyl groups is 1. The van der Waals surface area contributed by atoms with E-state index in [1.165, 1.54) is 6.07 Å². The van der Waals surface area contributed by atoms with E-state index in [0.717, 1.165) is 12.1 Å². The van der Waals surface area contributed by atoms with Crippen molar-refractivity contribution >= 4 is 11.6 Å². The van der Waals surface area contributed by atoms with E-state index in [1.807, 2.05) is 0 Å². The quantitative estimate of drug-likeness (QED) is 0.827. The maximum atomic E-state index is 12.7. The van der Waals surface area contributed by atoms with Crippen molar-refractivity contribution in [1.29, 1.82) is 0 Å². The molecule has 0 fully saturated rings. The summed E-state index contributed by atoms with van der Waals surface area (Å²) >= 11 is 5.69. The van der Waals surface area contributed by atoms with Crippen LogP contribution in [0.15, 0.2) is 18.2 Å². The predicted molar refractivity (Wildman–Crippen MR) is 56.4 cm³/mol. The highest BCUT2D eigenvalue weighted by Gasteiger charge is 2.27. The van der Waals surface area contributed by atoms with Gasteiger partial charge >= 0.3 is 6.18 Å². The largest absolute Gasteiger partial charge is 0.393 e. The van der Waals surface area contributed by atoms with Crippen molar-refractivity contribution in [1.82, 2.24) is 0 Å². The molecule has 0 aliphatic carbocycles. The molecule has 1 atom stereocenters. The number of alkyl halides is 3. The Morgan fingerprint density at radius 3 is 2.47 bits per heavy atom. The molecule has 96 valence electrons. The summed E-state index contributed by atoms with van der Waals surface area (Å²) < 4.78 is 48.4. The van der Waals surface area contributed by atoms with Crippen LogP contribution in [0.25, 0.3) is 0 Å². The molecule has 1 rings (SSSR count). The van der Waals surface area contributed by atoms with E-state index in [0.29, 0.717) is 5.56 Å². The second kappa shape index (κ2) is 5.69. The molecule has 1 aromatic carbocycles. The number of rotatable bonds is 4. The highest BCUT2D eigenvalue weighted by atomic mass is 35.5. The van der Waals surface area contributed by atoms with Crippen LogP contribution in [0.1, 0.15) is 18.4 Å². The van der Waals surface area contributed by atoms with Gasteiger partial charge in [0.1, 0.15) is 5.82 Å². The van der Waals surface area contributed by atoms with Crippen LogP contribution >= 0.6 is 11.6 Å². The van der Waals surface area contributed by atoms with E-state index in [4.69, 9.17) is 11.6 Å². The Morgan fingerprint density at radius 2 is 1.94 bits per heavy atom. The third kappa shape index (κ3) is 5.37. The molecule has 0 radical (unpaired) electrons. The van der Waals surface area contributed by atoms with Gasteiger partial charge in [-0.15, -0.1) is 0 Å². The van der Waals surface area contributed by atoms with Crippen molar-refractivity contribution in [2.24, 2.45) is 0 Å². The summed E-state index contributed by atoms with van der Waals surface area (Å²) in [6.45, 7) is 0. The van der Waals surface area contributed by atoms with Crippen molar-refractivity contribution in [3.63, 3.8) is 0 Å². The second-order valence-electron chi connectivity index (χ2n) is 3.75. The third-order valence-electron chi connectivity index (χ3n) is 2.23. The van der Waals surface area contributed by atoms with Gasteiger partial charge in [0.05, 0.1) is 6.10 Å². The number of benzene rings is 1. The average molecular weight is 271 g/mol. The molecule has 0 aliphatic rings. The number of hydrogen-bond acceptors (Lipinski definition) is 1. The predicted octanol–water partition coefficient (Wildman–Crippen LogP) is 3.73. The van der Waals surface area contributed by atoms with Gasteiger partial charge in [-0.05, 0) is 30.5 Å². The molecule has 1 unspecified atom stereocenters. The molecule has 0 amide bonds. The minimum Gasteiger partial charge on any atom is -0.393 e. The highest BCUT2D eigenvalue weighted by Crippen LogP contribution is 2.24. The molecule has 1 N–H and O–H groups in total. The van der Waals surface area contributed by atoms with Crippen molar-refractivity contribution in [3.05, 3.63) is 34.6 Å². The fraction of sp³-hybridized carbons (Fsp3) is 0.455. The zero-order valence-electron chi connectivity index (χ0n) is 8.77. The average Bonchev–Trinajstić information content (AvgIpc) is 2.18. The summed E-state index contributed by atoms with van der Waals surface area (Å²) in [7, 11) is 0. The van der Waals surface area contributed by atoms with Gasteiger partial charge in [-0.3, -0.25) is 0 Å². The third-order valence-corrected chi connectivity index (χ3v) is 2.58. The van der Waals surface area contributed by atoms with E-state index in [-0.39, 0.29) is 11.4 Å². The maximum Gasteiger partial charge on any atom is 0.389 e. The normalized spacial score (nSPS) is 13.8. The Kier molecular flexibility index (Phi) is 4.77. The second-order valence-corrected chi connectivity index (χ2v) is 4.15. The first-order chi connectivity index (χ1) is 7.78. The van der Waals surface area contributed by atoms with E-state index in [1.54, 1.807) is 0 Å². The molecule has 17 heavy (non-hydrogen) atoms. The van der Waals surface area contributed by atoms with Crippen molar-refractivity contribution in [2.75, 3.05) is 0 Å².